The zero-order valence-electron chi connectivity index (χ0n) is 18.7. The van der Waals surface area contributed by atoms with Crippen LogP contribution in [0.25, 0.3) is 33.6 Å². The molecule has 0 amide bonds. The van der Waals surface area contributed by atoms with Crippen molar-refractivity contribution in [3.8, 4) is 28.5 Å². The number of aromatic nitrogens is 4. The number of fused-ring (bicyclic) bond motifs is 1. The van der Waals surface area contributed by atoms with Crippen molar-refractivity contribution in [1.29, 1.82) is 0 Å². The van der Waals surface area contributed by atoms with E-state index in [4.69, 9.17) is 13.7 Å². The van der Waals surface area contributed by atoms with Crippen LogP contribution in [0.2, 0.25) is 0 Å². The molecule has 166 valence electrons. The van der Waals surface area contributed by atoms with Crippen LogP contribution in [0.15, 0.2) is 62.3 Å². The summed E-state index contributed by atoms with van der Waals surface area (Å²) in [7, 11) is 1.61. The Hall–Kier alpha value is -4.20. The van der Waals surface area contributed by atoms with Crippen molar-refractivity contribution < 1.29 is 13.7 Å². The van der Waals surface area contributed by atoms with Crippen LogP contribution in [-0.4, -0.2) is 27.0 Å². The maximum Gasteiger partial charge on any atom is 0.297 e. The van der Waals surface area contributed by atoms with E-state index in [-0.39, 0.29) is 17.6 Å². The number of aryl methyl sites for hydroxylation is 3. The summed E-state index contributed by atoms with van der Waals surface area (Å²) in [5.74, 6) is 2.40. The predicted molar refractivity (Wildman–Crippen MR) is 123 cm³/mol. The lowest BCUT2D eigenvalue weighted by molar-refractivity contribution is 0.405. The minimum absolute atomic E-state index is 0.144. The molecule has 0 aliphatic carbocycles. The van der Waals surface area contributed by atoms with Crippen molar-refractivity contribution in [1.82, 2.24) is 19.9 Å². The SMILES string of the molecule is COc1ccc(-c2nn(Cc3nc(-c4cccc(C)c4)oc3C)c(=O)c3noc(C)c23)cc1. The third-order valence-electron chi connectivity index (χ3n) is 5.58. The fourth-order valence-electron chi connectivity index (χ4n) is 3.81. The molecule has 0 bridgehead atoms. The average molecular weight is 442 g/mol. The molecule has 0 aliphatic rings. The molecule has 8 nitrogen and oxygen atoms in total. The van der Waals surface area contributed by atoms with Crippen LogP contribution in [0.4, 0.5) is 0 Å². The molecule has 8 heteroatoms. The summed E-state index contributed by atoms with van der Waals surface area (Å²) in [5, 5.41) is 9.28. The van der Waals surface area contributed by atoms with Gasteiger partial charge >= 0.3 is 0 Å². The van der Waals surface area contributed by atoms with Gasteiger partial charge in [0.1, 0.15) is 28.7 Å². The van der Waals surface area contributed by atoms with E-state index in [1.807, 2.05) is 62.4 Å². The smallest absolute Gasteiger partial charge is 0.297 e. The highest BCUT2D eigenvalue weighted by Gasteiger charge is 2.21. The van der Waals surface area contributed by atoms with Gasteiger partial charge in [0.05, 0.1) is 19.0 Å². The Kier molecular flexibility index (Phi) is 5.05. The maximum absolute atomic E-state index is 13.2. The molecule has 5 rings (SSSR count). The van der Waals surface area contributed by atoms with Crippen LogP contribution in [0, 0.1) is 20.8 Å². The van der Waals surface area contributed by atoms with E-state index in [1.54, 1.807) is 14.0 Å². The summed E-state index contributed by atoms with van der Waals surface area (Å²) in [6, 6.07) is 15.4. The number of oxazole rings is 1. The van der Waals surface area contributed by atoms with Gasteiger partial charge in [0.15, 0.2) is 5.52 Å². The van der Waals surface area contributed by atoms with Gasteiger partial charge in [0.2, 0.25) is 5.89 Å². The van der Waals surface area contributed by atoms with Crippen molar-refractivity contribution in [2.75, 3.05) is 7.11 Å². The molecule has 0 saturated heterocycles. The highest BCUT2D eigenvalue weighted by molar-refractivity contribution is 5.93. The van der Waals surface area contributed by atoms with Crippen molar-refractivity contribution in [2.45, 2.75) is 27.3 Å². The lowest BCUT2D eigenvalue weighted by Gasteiger charge is -2.08. The molecule has 5 aromatic rings. The van der Waals surface area contributed by atoms with Gasteiger partial charge in [0.25, 0.3) is 5.56 Å². The standard InChI is InChI=1S/C25H22N4O4/c1-14-6-5-7-18(12-14)24-26-20(15(2)32-24)13-29-25(30)23-21(16(3)33-28-23)22(27-29)17-8-10-19(31-4)11-9-17/h5-12H,13H2,1-4H3. The summed E-state index contributed by atoms with van der Waals surface area (Å²) in [5.41, 5.74) is 3.92. The Labute approximate surface area is 189 Å². The van der Waals surface area contributed by atoms with Gasteiger partial charge in [-0.3, -0.25) is 4.79 Å². The molecule has 33 heavy (non-hydrogen) atoms. The van der Waals surface area contributed by atoms with Gasteiger partial charge in [-0.1, -0.05) is 22.9 Å². The number of methoxy groups -OCH3 is 1. The van der Waals surface area contributed by atoms with E-state index in [0.717, 1.165) is 22.4 Å². The van der Waals surface area contributed by atoms with E-state index in [9.17, 15) is 4.79 Å². The minimum atomic E-state index is -0.349. The van der Waals surface area contributed by atoms with E-state index in [2.05, 4.69) is 15.2 Å². The Morgan fingerprint density at radius 3 is 2.52 bits per heavy atom. The predicted octanol–water partition coefficient (Wildman–Crippen LogP) is 4.69. The van der Waals surface area contributed by atoms with Crippen LogP contribution >= 0.6 is 0 Å². The highest BCUT2D eigenvalue weighted by Crippen LogP contribution is 2.29. The molecule has 0 N–H and O–H groups in total. The minimum Gasteiger partial charge on any atom is -0.497 e. The zero-order valence-corrected chi connectivity index (χ0v) is 18.7. The Balaban J connectivity index is 1.61. The van der Waals surface area contributed by atoms with Gasteiger partial charge in [-0.05, 0) is 57.2 Å². The molecule has 0 atom stereocenters. The van der Waals surface area contributed by atoms with Crippen LogP contribution in [0.1, 0.15) is 22.8 Å². The highest BCUT2D eigenvalue weighted by atomic mass is 16.5. The fraction of sp³-hybridized carbons (Fsp3) is 0.200. The van der Waals surface area contributed by atoms with Crippen molar-refractivity contribution in [3.63, 3.8) is 0 Å². The van der Waals surface area contributed by atoms with Crippen LogP contribution in [0.5, 0.6) is 5.75 Å². The molecule has 0 radical (unpaired) electrons. The molecule has 2 aromatic carbocycles. The first-order valence-electron chi connectivity index (χ1n) is 10.5. The van der Waals surface area contributed by atoms with Crippen LogP contribution in [-0.2, 0) is 6.54 Å². The summed E-state index contributed by atoms with van der Waals surface area (Å²) >= 11 is 0. The number of benzene rings is 2. The number of nitrogens with zero attached hydrogens (tertiary/aromatic N) is 4. The quantitative estimate of drug-likeness (QED) is 0.390. The van der Waals surface area contributed by atoms with Crippen molar-refractivity contribution in [3.05, 3.63) is 81.7 Å². The topological polar surface area (TPSA) is 96.2 Å². The molecule has 0 unspecified atom stereocenters. The van der Waals surface area contributed by atoms with Gasteiger partial charge < -0.3 is 13.7 Å². The van der Waals surface area contributed by atoms with Crippen LogP contribution in [0.3, 0.4) is 0 Å². The average Bonchev–Trinajstić information content (AvgIpc) is 3.39. The lowest BCUT2D eigenvalue weighted by Crippen LogP contribution is -2.25. The largest absolute Gasteiger partial charge is 0.497 e. The number of hydrogen-bond donors (Lipinski definition) is 0. The van der Waals surface area contributed by atoms with Crippen LogP contribution < -0.4 is 10.3 Å². The molecule has 0 saturated carbocycles. The summed E-state index contributed by atoms with van der Waals surface area (Å²) in [4.78, 5) is 17.8. The summed E-state index contributed by atoms with van der Waals surface area (Å²) < 4.78 is 17.9. The molecule has 0 spiro atoms. The molecule has 3 aromatic heterocycles. The van der Waals surface area contributed by atoms with Crippen molar-refractivity contribution in [2.24, 2.45) is 0 Å². The Bertz CT molecular complexity index is 1530. The maximum atomic E-state index is 13.2. The van der Waals surface area contributed by atoms with Gasteiger partial charge in [-0.2, -0.15) is 5.10 Å². The van der Waals surface area contributed by atoms with E-state index < -0.39 is 0 Å². The summed E-state index contributed by atoms with van der Waals surface area (Å²) in [6.07, 6.45) is 0. The molecule has 3 heterocycles. The second-order valence-corrected chi connectivity index (χ2v) is 7.89. The van der Waals surface area contributed by atoms with Gasteiger partial charge in [-0.25, -0.2) is 9.67 Å². The van der Waals surface area contributed by atoms with E-state index in [1.165, 1.54) is 4.68 Å². The third kappa shape index (κ3) is 3.69. The summed E-state index contributed by atoms with van der Waals surface area (Å²) in [6.45, 7) is 5.75. The molecule has 0 aliphatic heterocycles. The second kappa shape index (κ2) is 8.05. The van der Waals surface area contributed by atoms with Gasteiger partial charge in [-0.15, -0.1) is 0 Å². The first kappa shape index (κ1) is 20.7. The zero-order chi connectivity index (χ0) is 23.1. The number of rotatable bonds is 5. The lowest BCUT2D eigenvalue weighted by atomic mass is 10.1. The van der Waals surface area contributed by atoms with Crippen molar-refractivity contribution >= 4 is 10.9 Å². The van der Waals surface area contributed by atoms with Gasteiger partial charge in [0, 0.05) is 11.1 Å². The second-order valence-electron chi connectivity index (χ2n) is 7.89. The number of hydrogen-bond acceptors (Lipinski definition) is 7. The normalized spacial score (nSPS) is 11.3. The van der Waals surface area contributed by atoms with E-state index >= 15 is 0 Å². The molecular formula is C25H22N4O4. The molecular weight excluding hydrogens is 420 g/mol. The first-order chi connectivity index (χ1) is 15.9. The Morgan fingerprint density at radius 2 is 1.79 bits per heavy atom. The first-order valence-corrected chi connectivity index (χ1v) is 10.5. The fourth-order valence-corrected chi connectivity index (χ4v) is 3.81. The third-order valence-corrected chi connectivity index (χ3v) is 5.58. The molecule has 0 fully saturated rings. The monoisotopic (exact) mass is 442 g/mol. The van der Waals surface area contributed by atoms with E-state index in [0.29, 0.717) is 34.2 Å². The Morgan fingerprint density at radius 1 is 1.00 bits per heavy atom. The number of ether oxygens (including phenoxy) is 1.